The van der Waals surface area contributed by atoms with Gasteiger partial charge in [-0.2, -0.15) is 0 Å². The van der Waals surface area contributed by atoms with Crippen LogP contribution in [0.3, 0.4) is 0 Å². The summed E-state index contributed by atoms with van der Waals surface area (Å²) in [6, 6.07) is 0. The summed E-state index contributed by atoms with van der Waals surface area (Å²) < 4.78 is 5.99. The first-order chi connectivity index (χ1) is 9.91. The van der Waals surface area contributed by atoms with E-state index in [2.05, 4.69) is 9.97 Å². The van der Waals surface area contributed by atoms with Crippen LogP contribution < -0.4 is 0 Å². The van der Waals surface area contributed by atoms with Crippen molar-refractivity contribution in [1.29, 1.82) is 0 Å². The Bertz CT molecular complexity index is 513. The molecule has 1 atom stereocenters. The molecule has 1 aliphatic rings. The molecule has 0 spiro atoms. The van der Waals surface area contributed by atoms with Crippen LogP contribution in [0.2, 0.25) is 0 Å². The molecule has 116 valence electrons. The van der Waals surface area contributed by atoms with Crippen LogP contribution in [-0.4, -0.2) is 27.7 Å². The Morgan fingerprint density at radius 3 is 2.24 bits per heavy atom. The maximum absolute atomic E-state index is 11.2. The highest BCUT2D eigenvalue weighted by Gasteiger charge is 2.40. The molecule has 0 radical (unpaired) electrons. The topological polar surface area (TPSA) is 72.3 Å². The van der Waals surface area contributed by atoms with E-state index in [4.69, 9.17) is 4.74 Å². The van der Waals surface area contributed by atoms with Gasteiger partial charge in [-0.05, 0) is 53.4 Å². The molecule has 1 aliphatic carbocycles. The quantitative estimate of drug-likeness (QED) is 0.903. The molecule has 5 nitrogen and oxygen atoms in total. The van der Waals surface area contributed by atoms with Crippen molar-refractivity contribution in [1.82, 2.24) is 9.97 Å². The predicted octanol–water partition coefficient (Wildman–Crippen LogP) is 3.09. The summed E-state index contributed by atoms with van der Waals surface area (Å²) >= 11 is 0. The van der Waals surface area contributed by atoms with Gasteiger partial charge in [-0.1, -0.05) is 0 Å². The SMILES string of the molecule is CCOC1(c2nc(C)c(C(C)C(=O)O)c(C)n2)CCCC1. The fourth-order valence-electron chi connectivity index (χ4n) is 3.33. The lowest BCUT2D eigenvalue weighted by atomic mass is 9.96. The Balaban J connectivity index is 2.46. The molecule has 0 bridgehead atoms. The van der Waals surface area contributed by atoms with Crippen molar-refractivity contribution in [3.05, 3.63) is 22.8 Å². The number of carboxylic acids is 1. The van der Waals surface area contributed by atoms with E-state index in [-0.39, 0.29) is 5.60 Å². The third-order valence-corrected chi connectivity index (χ3v) is 4.37. The minimum atomic E-state index is -0.849. The van der Waals surface area contributed by atoms with E-state index < -0.39 is 11.9 Å². The number of hydrogen-bond donors (Lipinski definition) is 1. The maximum Gasteiger partial charge on any atom is 0.310 e. The normalized spacial score (nSPS) is 18.7. The Morgan fingerprint density at radius 1 is 1.29 bits per heavy atom. The second-order valence-corrected chi connectivity index (χ2v) is 5.83. The van der Waals surface area contributed by atoms with Gasteiger partial charge in [-0.15, -0.1) is 0 Å². The largest absolute Gasteiger partial charge is 0.481 e. The van der Waals surface area contributed by atoms with Crippen molar-refractivity contribution in [2.45, 2.75) is 64.9 Å². The summed E-state index contributed by atoms with van der Waals surface area (Å²) in [6.45, 7) is 8.02. The Hall–Kier alpha value is -1.49. The van der Waals surface area contributed by atoms with Gasteiger partial charge in [0.2, 0.25) is 0 Å². The van der Waals surface area contributed by atoms with Crippen molar-refractivity contribution in [2.24, 2.45) is 0 Å². The van der Waals surface area contributed by atoms with Crippen LogP contribution in [0.15, 0.2) is 0 Å². The molecular formula is C16H24N2O3. The third-order valence-electron chi connectivity index (χ3n) is 4.37. The number of aromatic nitrogens is 2. The van der Waals surface area contributed by atoms with Gasteiger partial charge in [-0.25, -0.2) is 9.97 Å². The smallest absolute Gasteiger partial charge is 0.310 e. The highest BCUT2D eigenvalue weighted by molar-refractivity contribution is 5.76. The molecule has 0 saturated heterocycles. The lowest BCUT2D eigenvalue weighted by Gasteiger charge is -2.28. The third kappa shape index (κ3) is 2.93. The Kier molecular flexibility index (Phi) is 4.61. The lowest BCUT2D eigenvalue weighted by Crippen LogP contribution is -2.30. The first kappa shape index (κ1) is 15.9. The van der Waals surface area contributed by atoms with Gasteiger partial charge in [0.05, 0.1) is 5.92 Å². The molecular weight excluding hydrogens is 268 g/mol. The molecule has 1 heterocycles. The second-order valence-electron chi connectivity index (χ2n) is 5.83. The van der Waals surface area contributed by atoms with E-state index in [1.807, 2.05) is 20.8 Å². The van der Waals surface area contributed by atoms with E-state index in [0.717, 1.165) is 48.5 Å². The van der Waals surface area contributed by atoms with Crippen molar-refractivity contribution < 1.29 is 14.6 Å². The number of hydrogen-bond acceptors (Lipinski definition) is 4. The lowest BCUT2D eigenvalue weighted by molar-refractivity contribution is -0.138. The van der Waals surface area contributed by atoms with Gasteiger partial charge in [0.15, 0.2) is 5.82 Å². The van der Waals surface area contributed by atoms with Gasteiger partial charge < -0.3 is 9.84 Å². The average molecular weight is 292 g/mol. The zero-order chi connectivity index (χ0) is 15.6. The molecule has 1 saturated carbocycles. The molecule has 1 N–H and O–H groups in total. The van der Waals surface area contributed by atoms with Crippen LogP contribution in [0.25, 0.3) is 0 Å². The molecule has 21 heavy (non-hydrogen) atoms. The van der Waals surface area contributed by atoms with Gasteiger partial charge >= 0.3 is 5.97 Å². The minimum absolute atomic E-state index is 0.380. The molecule has 1 fully saturated rings. The van der Waals surface area contributed by atoms with Crippen molar-refractivity contribution in [3.8, 4) is 0 Å². The van der Waals surface area contributed by atoms with Gasteiger partial charge in [0.25, 0.3) is 0 Å². The van der Waals surface area contributed by atoms with Crippen LogP contribution in [0.4, 0.5) is 0 Å². The fraction of sp³-hybridized carbons (Fsp3) is 0.688. The number of rotatable bonds is 5. The number of nitrogens with zero attached hydrogens (tertiary/aromatic N) is 2. The summed E-state index contributed by atoms with van der Waals surface area (Å²) in [5.74, 6) is -0.721. The molecule has 0 amide bonds. The van der Waals surface area contributed by atoms with Crippen LogP contribution in [0.1, 0.15) is 68.2 Å². The molecule has 0 aromatic carbocycles. The van der Waals surface area contributed by atoms with Gasteiger partial charge in [0, 0.05) is 23.6 Å². The summed E-state index contributed by atoms with van der Waals surface area (Å²) in [4.78, 5) is 20.5. The van der Waals surface area contributed by atoms with Crippen LogP contribution in [-0.2, 0) is 15.1 Å². The van der Waals surface area contributed by atoms with E-state index >= 15 is 0 Å². The van der Waals surface area contributed by atoms with E-state index in [9.17, 15) is 9.90 Å². The van der Waals surface area contributed by atoms with E-state index in [1.54, 1.807) is 6.92 Å². The number of carbonyl (C=O) groups is 1. The monoisotopic (exact) mass is 292 g/mol. The van der Waals surface area contributed by atoms with Crippen LogP contribution in [0, 0.1) is 13.8 Å². The summed E-state index contributed by atoms with van der Waals surface area (Å²) in [5, 5.41) is 9.22. The average Bonchev–Trinajstić information content (AvgIpc) is 2.87. The number of aliphatic carboxylic acids is 1. The first-order valence-corrected chi connectivity index (χ1v) is 7.63. The zero-order valence-corrected chi connectivity index (χ0v) is 13.3. The second kappa shape index (κ2) is 6.10. The van der Waals surface area contributed by atoms with Crippen LogP contribution >= 0.6 is 0 Å². The molecule has 1 unspecified atom stereocenters. The number of ether oxygens (including phenoxy) is 1. The molecule has 0 aliphatic heterocycles. The van der Waals surface area contributed by atoms with E-state index in [1.165, 1.54) is 0 Å². The van der Waals surface area contributed by atoms with Crippen molar-refractivity contribution in [3.63, 3.8) is 0 Å². The maximum atomic E-state index is 11.2. The molecule has 2 rings (SSSR count). The summed E-state index contributed by atoms with van der Waals surface area (Å²) in [7, 11) is 0. The number of aryl methyl sites for hydroxylation is 2. The Morgan fingerprint density at radius 2 is 1.81 bits per heavy atom. The summed E-state index contributed by atoms with van der Waals surface area (Å²) in [6.07, 6.45) is 4.12. The fourth-order valence-corrected chi connectivity index (χ4v) is 3.33. The van der Waals surface area contributed by atoms with E-state index in [0.29, 0.717) is 6.61 Å². The molecule has 5 heteroatoms. The highest BCUT2D eigenvalue weighted by Crippen LogP contribution is 2.41. The van der Waals surface area contributed by atoms with Gasteiger partial charge in [-0.3, -0.25) is 4.79 Å². The first-order valence-electron chi connectivity index (χ1n) is 7.63. The molecule has 1 aromatic heterocycles. The Labute approximate surface area is 125 Å². The highest BCUT2D eigenvalue weighted by atomic mass is 16.5. The van der Waals surface area contributed by atoms with Crippen molar-refractivity contribution in [2.75, 3.05) is 6.61 Å². The standard InChI is InChI=1S/C16H24N2O3/c1-5-21-16(8-6-7-9-16)15-17-11(3)13(12(4)18-15)10(2)14(19)20/h10H,5-9H2,1-4H3,(H,19,20). The summed E-state index contributed by atoms with van der Waals surface area (Å²) in [5.41, 5.74) is 1.84. The molecule has 1 aromatic rings. The predicted molar refractivity (Wildman–Crippen MR) is 79.3 cm³/mol. The minimum Gasteiger partial charge on any atom is -0.481 e. The number of carboxylic acid groups (broad SMARTS) is 1. The van der Waals surface area contributed by atoms with Crippen LogP contribution in [0.5, 0.6) is 0 Å². The van der Waals surface area contributed by atoms with Gasteiger partial charge in [0.1, 0.15) is 5.60 Å². The zero-order valence-electron chi connectivity index (χ0n) is 13.3. The van der Waals surface area contributed by atoms with Crippen molar-refractivity contribution >= 4 is 5.97 Å².